The number of nitrogens with two attached hydrogens (primary N) is 1. The Hall–Kier alpha value is -0.610. The third-order valence-corrected chi connectivity index (χ3v) is 3.16. The average Bonchev–Trinajstić information content (AvgIpc) is 2.28. The minimum atomic E-state index is -0.0145. The van der Waals surface area contributed by atoms with E-state index in [1.165, 1.54) is 6.42 Å². The SMILES string of the molecule is CCNC(=O)C(C)N1CCCC(CN)C1. The molecule has 1 rings (SSSR count). The minimum Gasteiger partial charge on any atom is -0.355 e. The molecule has 1 aliphatic rings. The lowest BCUT2D eigenvalue weighted by molar-refractivity contribution is -0.126. The van der Waals surface area contributed by atoms with E-state index in [0.29, 0.717) is 12.5 Å². The average molecular weight is 213 g/mol. The predicted octanol–water partition coefficient (Wildman–Crippen LogP) is 0.182. The molecule has 3 N–H and O–H groups in total. The van der Waals surface area contributed by atoms with Gasteiger partial charge in [0.1, 0.15) is 0 Å². The van der Waals surface area contributed by atoms with E-state index in [-0.39, 0.29) is 11.9 Å². The van der Waals surface area contributed by atoms with Gasteiger partial charge in [-0.1, -0.05) is 0 Å². The first kappa shape index (κ1) is 12.5. The van der Waals surface area contributed by atoms with Crippen molar-refractivity contribution in [1.82, 2.24) is 10.2 Å². The molecule has 1 amide bonds. The Labute approximate surface area is 92.2 Å². The quantitative estimate of drug-likeness (QED) is 0.700. The zero-order valence-electron chi connectivity index (χ0n) is 9.83. The molecule has 0 aromatic carbocycles. The van der Waals surface area contributed by atoms with Crippen molar-refractivity contribution in [1.29, 1.82) is 0 Å². The molecule has 15 heavy (non-hydrogen) atoms. The smallest absolute Gasteiger partial charge is 0.237 e. The van der Waals surface area contributed by atoms with Crippen LogP contribution in [0.2, 0.25) is 0 Å². The normalized spacial score (nSPS) is 24.9. The summed E-state index contributed by atoms with van der Waals surface area (Å²) in [4.78, 5) is 13.9. The van der Waals surface area contributed by atoms with Crippen LogP contribution < -0.4 is 11.1 Å². The number of piperidine rings is 1. The Kier molecular flexibility index (Phi) is 5.05. The number of likely N-dealkylation sites (tertiary alicyclic amines) is 1. The Morgan fingerprint density at radius 3 is 3.00 bits per heavy atom. The molecular formula is C11H23N3O. The first-order valence-corrected chi connectivity index (χ1v) is 5.90. The van der Waals surface area contributed by atoms with Gasteiger partial charge in [0.05, 0.1) is 6.04 Å². The van der Waals surface area contributed by atoms with Crippen molar-refractivity contribution in [2.24, 2.45) is 11.7 Å². The zero-order valence-corrected chi connectivity index (χ0v) is 9.83. The molecule has 0 saturated carbocycles. The monoisotopic (exact) mass is 213 g/mol. The number of likely N-dealkylation sites (N-methyl/N-ethyl adjacent to an activating group) is 1. The van der Waals surface area contributed by atoms with E-state index in [9.17, 15) is 4.79 Å². The molecule has 1 fully saturated rings. The van der Waals surface area contributed by atoms with Crippen LogP contribution in [0.25, 0.3) is 0 Å². The molecule has 2 atom stereocenters. The largest absolute Gasteiger partial charge is 0.355 e. The molecule has 4 nitrogen and oxygen atoms in total. The number of carbonyl (C=O) groups excluding carboxylic acids is 1. The second-order valence-corrected chi connectivity index (χ2v) is 4.31. The predicted molar refractivity (Wildman–Crippen MR) is 61.5 cm³/mol. The molecule has 0 aromatic heterocycles. The van der Waals surface area contributed by atoms with Crippen LogP contribution in [0.3, 0.4) is 0 Å². The fraction of sp³-hybridized carbons (Fsp3) is 0.909. The number of nitrogens with one attached hydrogen (secondary N) is 1. The summed E-state index contributed by atoms with van der Waals surface area (Å²) in [6, 6.07) is -0.0145. The van der Waals surface area contributed by atoms with Gasteiger partial charge in [-0.25, -0.2) is 0 Å². The molecule has 0 bridgehead atoms. The number of hydrogen-bond acceptors (Lipinski definition) is 3. The lowest BCUT2D eigenvalue weighted by atomic mass is 9.97. The summed E-state index contributed by atoms with van der Waals surface area (Å²) in [7, 11) is 0. The van der Waals surface area contributed by atoms with E-state index in [4.69, 9.17) is 5.73 Å². The molecular weight excluding hydrogens is 190 g/mol. The lowest BCUT2D eigenvalue weighted by Crippen LogP contribution is -2.49. The van der Waals surface area contributed by atoms with Crippen LogP contribution in [-0.4, -0.2) is 43.0 Å². The molecule has 1 heterocycles. The van der Waals surface area contributed by atoms with Crippen molar-refractivity contribution in [2.45, 2.75) is 32.7 Å². The highest BCUT2D eigenvalue weighted by atomic mass is 16.2. The second-order valence-electron chi connectivity index (χ2n) is 4.31. The van der Waals surface area contributed by atoms with Crippen LogP contribution >= 0.6 is 0 Å². The maximum absolute atomic E-state index is 11.7. The highest BCUT2D eigenvalue weighted by molar-refractivity contribution is 5.81. The van der Waals surface area contributed by atoms with Gasteiger partial charge in [-0.15, -0.1) is 0 Å². The minimum absolute atomic E-state index is 0.0145. The zero-order chi connectivity index (χ0) is 11.3. The fourth-order valence-electron chi connectivity index (χ4n) is 2.13. The Morgan fingerprint density at radius 1 is 1.67 bits per heavy atom. The summed E-state index contributed by atoms with van der Waals surface area (Å²) in [5.74, 6) is 0.700. The fourth-order valence-corrected chi connectivity index (χ4v) is 2.13. The standard InChI is InChI=1S/C11H23N3O/c1-3-13-11(15)9(2)14-6-4-5-10(7-12)8-14/h9-10H,3-8,12H2,1-2H3,(H,13,15). The Balaban J connectivity index is 2.44. The number of hydrogen-bond donors (Lipinski definition) is 2. The third-order valence-electron chi connectivity index (χ3n) is 3.16. The maximum Gasteiger partial charge on any atom is 0.237 e. The Bertz CT molecular complexity index is 208. The molecule has 0 aliphatic carbocycles. The molecule has 0 radical (unpaired) electrons. The second kappa shape index (κ2) is 6.08. The van der Waals surface area contributed by atoms with E-state index in [1.54, 1.807) is 0 Å². The van der Waals surface area contributed by atoms with Crippen LogP contribution in [-0.2, 0) is 4.79 Å². The third kappa shape index (κ3) is 3.47. The summed E-state index contributed by atoms with van der Waals surface area (Å²) in [6.45, 7) is 7.35. The summed E-state index contributed by atoms with van der Waals surface area (Å²) < 4.78 is 0. The van der Waals surface area contributed by atoms with E-state index < -0.39 is 0 Å². The molecule has 2 unspecified atom stereocenters. The first-order valence-electron chi connectivity index (χ1n) is 5.90. The maximum atomic E-state index is 11.7. The van der Waals surface area contributed by atoms with Crippen molar-refractivity contribution in [3.05, 3.63) is 0 Å². The van der Waals surface area contributed by atoms with Crippen LogP contribution in [0, 0.1) is 5.92 Å². The highest BCUT2D eigenvalue weighted by Gasteiger charge is 2.26. The number of rotatable bonds is 4. The van der Waals surface area contributed by atoms with Gasteiger partial charge in [-0.05, 0) is 45.7 Å². The lowest BCUT2D eigenvalue weighted by Gasteiger charge is -2.35. The van der Waals surface area contributed by atoms with Gasteiger partial charge in [0.25, 0.3) is 0 Å². The molecule has 0 aromatic rings. The Morgan fingerprint density at radius 2 is 2.40 bits per heavy atom. The summed E-state index contributed by atoms with van der Waals surface area (Å²) >= 11 is 0. The van der Waals surface area contributed by atoms with Crippen molar-refractivity contribution < 1.29 is 4.79 Å². The van der Waals surface area contributed by atoms with Gasteiger partial charge in [0.2, 0.25) is 5.91 Å². The van der Waals surface area contributed by atoms with Crippen LogP contribution in [0.4, 0.5) is 0 Å². The molecule has 88 valence electrons. The van der Waals surface area contributed by atoms with E-state index in [1.807, 2.05) is 13.8 Å². The van der Waals surface area contributed by atoms with E-state index in [0.717, 1.165) is 26.1 Å². The number of carbonyl (C=O) groups is 1. The van der Waals surface area contributed by atoms with Crippen molar-refractivity contribution in [2.75, 3.05) is 26.2 Å². The molecule has 1 aliphatic heterocycles. The van der Waals surface area contributed by atoms with Gasteiger partial charge in [0, 0.05) is 13.1 Å². The van der Waals surface area contributed by atoms with Crippen LogP contribution in [0.5, 0.6) is 0 Å². The van der Waals surface area contributed by atoms with Crippen LogP contribution in [0.15, 0.2) is 0 Å². The van der Waals surface area contributed by atoms with E-state index in [2.05, 4.69) is 10.2 Å². The molecule has 1 saturated heterocycles. The molecule has 0 spiro atoms. The highest BCUT2D eigenvalue weighted by Crippen LogP contribution is 2.17. The molecule has 4 heteroatoms. The van der Waals surface area contributed by atoms with Crippen molar-refractivity contribution >= 4 is 5.91 Å². The summed E-state index contributed by atoms with van der Waals surface area (Å²) in [6.07, 6.45) is 2.36. The first-order chi connectivity index (χ1) is 7.19. The van der Waals surface area contributed by atoms with Crippen molar-refractivity contribution in [3.63, 3.8) is 0 Å². The van der Waals surface area contributed by atoms with E-state index >= 15 is 0 Å². The van der Waals surface area contributed by atoms with Gasteiger partial charge in [-0.2, -0.15) is 0 Å². The number of amides is 1. The number of nitrogens with zero attached hydrogens (tertiary/aromatic N) is 1. The topological polar surface area (TPSA) is 58.4 Å². The summed E-state index contributed by atoms with van der Waals surface area (Å²) in [5.41, 5.74) is 5.67. The van der Waals surface area contributed by atoms with Gasteiger partial charge < -0.3 is 11.1 Å². The van der Waals surface area contributed by atoms with Gasteiger partial charge in [0.15, 0.2) is 0 Å². The summed E-state index contributed by atoms with van der Waals surface area (Å²) in [5, 5.41) is 2.86. The van der Waals surface area contributed by atoms with Gasteiger partial charge in [-0.3, -0.25) is 9.69 Å². The van der Waals surface area contributed by atoms with Gasteiger partial charge >= 0.3 is 0 Å². The van der Waals surface area contributed by atoms with Crippen LogP contribution in [0.1, 0.15) is 26.7 Å². The van der Waals surface area contributed by atoms with Crippen molar-refractivity contribution in [3.8, 4) is 0 Å².